The van der Waals surface area contributed by atoms with Crippen molar-refractivity contribution in [2.45, 2.75) is 30.3 Å². The Morgan fingerprint density at radius 1 is 1.47 bits per heavy atom. The van der Waals surface area contributed by atoms with Gasteiger partial charge in [-0.05, 0) is 37.1 Å². The highest BCUT2D eigenvalue weighted by atomic mass is 35.5. The van der Waals surface area contributed by atoms with Crippen LogP contribution in [0.2, 0.25) is 5.28 Å². The van der Waals surface area contributed by atoms with E-state index in [9.17, 15) is 8.42 Å². The van der Waals surface area contributed by atoms with E-state index in [1.165, 1.54) is 12.3 Å². The van der Waals surface area contributed by atoms with Gasteiger partial charge in [-0.2, -0.15) is 0 Å². The lowest BCUT2D eigenvalue weighted by molar-refractivity contribution is 0.423. The first kappa shape index (κ1) is 12.7. The molecule has 5 nitrogen and oxygen atoms in total. The second-order valence-corrected chi connectivity index (χ2v) is 6.41. The highest BCUT2D eigenvalue weighted by Gasteiger charge is 2.23. The number of sulfone groups is 1. The number of hydrogen-bond acceptors (Lipinski definition) is 5. The molecule has 0 aliphatic carbocycles. The molecule has 1 atom stereocenters. The van der Waals surface area contributed by atoms with Crippen molar-refractivity contribution in [2.24, 2.45) is 0 Å². The lowest BCUT2D eigenvalue weighted by Gasteiger charge is -2.22. The molecule has 1 aliphatic heterocycles. The summed E-state index contributed by atoms with van der Waals surface area (Å²) in [5, 5.41) is 3.17. The minimum absolute atomic E-state index is 0.00451. The van der Waals surface area contributed by atoms with E-state index in [0.29, 0.717) is 0 Å². The van der Waals surface area contributed by atoms with Crippen molar-refractivity contribution in [3.8, 4) is 0 Å². The molecular formula is C10H14ClN3O2S. The van der Waals surface area contributed by atoms with Crippen LogP contribution >= 0.6 is 11.6 Å². The van der Waals surface area contributed by atoms with Gasteiger partial charge in [0.1, 0.15) is 0 Å². The topological polar surface area (TPSA) is 72.0 Å². The zero-order valence-corrected chi connectivity index (χ0v) is 10.8. The Hall–Kier alpha value is -0.720. The van der Waals surface area contributed by atoms with Crippen LogP contribution in [0.25, 0.3) is 0 Å². The average Bonchev–Trinajstić information content (AvgIpc) is 2.30. The second-order valence-electron chi connectivity index (χ2n) is 4.09. The Labute approximate surface area is 106 Å². The maximum absolute atomic E-state index is 12.1. The molecular weight excluding hydrogens is 262 g/mol. The zero-order valence-electron chi connectivity index (χ0n) is 9.26. The molecule has 0 bridgehead atoms. The molecule has 1 aromatic rings. The van der Waals surface area contributed by atoms with Gasteiger partial charge in [-0.1, -0.05) is 6.42 Å². The summed E-state index contributed by atoms with van der Waals surface area (Å²) < 4.78 is 24.1. The zero-order chi connectivity index (χ0) is 12.3. The summed E-state index contributed by atoms with van der Waals surface area (Å²) in [6.45, 7) is 0.880. The van der Waals surface area contributed by atoms with Crippen molar-refractivity contribution >= 4 is 21.4 Å². The van der Waals surface area contributed by atoms with Gasteiger partial charge in [-0.15, -0.1) is 0 Å². The quantitative estimate of drug-likeness (QED) is 0.659. The Bertz CT molecular complexity index is 486. The van der Waals surface area contributed by atoms with Gasteiger partial charge in [-0.25, -0.2) is 18.4 Å². The third-order valence-electron chi connectivity index (χ3n) is 2.75. The van der Waals surface area contributed by atoms with Crippen molar-refractivity contribution in [3.63, 3.8) is 0 Å². The van der Waals surface area contributed by atoms with Crippen LogP contribution in [-0.4, -0.2) is 36.7 Å². The van der Waals surface area contributed by atoms with Crippen LogP contribution < -0.4 is 5.32 Å². The minimum atomic E-state index is -3.38. The molecule has 0 radical (unpaired) electrons. The Kier molecular flexibility index (Phi) is 3.96. The number of rotatable bonds is 3. The molecule has 1 fully saturated rings. The van der Waals surface area contributed by atoms with E-state index in [1.807, 2.05) is 0 Å². The average molecular weight is 276 g/mol. The van der Waals surface area contributed by atoms with Crippen molar-refractivity contribution in [1.29, 1.82) is 0 Å². The summed E-state index contributed by atoms with van der Waals surface area (Å²) in [7, 11) is -3.38. The molecule has 2 heterocycles. The first-order valence-corrected chi connectivity index (χ1v) is 7.56. The van der Waals surface area contributed by atoms with E-state index in [0.717, 1.165) is 25.8 Å². The molecule has 1 saturated heterocycles. The van der Waals surface area contributed by atoms with Crippen molar-refractivity contribution in [2.75, 3.05) is 12.3 Å². The van der Waals surface area contributed by atoms with Gasteiger partial charge in [0, 0.05) is 12.2 Å². The third kappa shape index (κ3) is 3.37. The van der Waals surface area contributed by atoms with E-state index in [4.69, 9.17) is 11.6 Å². The highest BCUT2D eigenvalue weighted by Crippen LogP contribution is 2.15. The molecule has 7 heteroatoms. The third-order valence-corrected chi connectivity index (χ3v) is 4.64. The standard InChI is InChI=1S/C10H14ClN3O2S/c11-10-13-6-4-9(14-10)17(15,16)7-8-3-1-2-5-12-8/h4,6,8,12H,1-3,5,7H2. The largest absolute Gasteiger partial charge is 0.313 e. The summed E-state index contributed by atoms with van der Waals surface area (Å²) in [5.74, 6) is 0.0698. The number of nitrogens with one attached hydrogen (secondary N) is 1. The Morgan fingerprint density at radius 3 is 2.94 bits per heavy atom. The van der Waals surface area contributed by atoms with Gasteiger partial charge < -0.3 is 5.32 Å². The number of nitrogens with zero attached hydrogens (tertiary/aromatic N) is 2. The number of hydrogen-bond donors (Lipinski definition) is 1. The molecule has 0 aromatic carbocycles. The highest BCUT2D eigenvalue weighted by molar-refractivity contribution is 7.91. The van der Waals surface area contributed by atoms with Crippen LogP contribution in [-0.2, 0) is 9.84 Å². The molecule has 1 aromatic heterocycles. The van der Waals surface area contributed by atoms with Crippen LogP contribution in [0.15, 0.2) is 17.3 Å². The molecule has 2 rings (SSSR count). The molecule has 0 amide bonds. The number of halogens is 1. The fourth-order valence-corrected chi connectivity index (χ4v) is 3.59. The second kappa shape index (κ2) is 5.29. The summed E-state index contributed by atoms with van der Waals surface area (Å²) in [4.78, 5) is 7.42. The SMILES string of the molecule is O=S(=O)(CC1CCCCN1)c1ccnc(Cl)n1. The molecule has 94 valence electrons. The van der Waals surface area contributed by atoms with Crippen molar-refractivity contribution in [1.82, 2.24) is 15.3 Å². The predicted octanol–water partition coefficient (Wildman–Crippen LogP) is 1.05. The van der Waals surface area contributed by atoms with Gasteiger partial charge in [0.25, 0.3) is 0 Å². The molecule has 0 saturated carbocycles. The van der Waals surface area contributed by atoms with Gasteiger partial charge in [0.2, 0.25) is 5.28 Å². The van der Waals surface area contributed by atoms with Crippen LogP contribution in [0.4, 0.5) is 0 Å². The normalized spacial score (nSPS) is 21.4. The van der Waals surface area contributed by atoms with Gasteiger partial charge in [0.05, 0.1) is 5.75 Å². The lowest BCUT2D eigenvalue weighted by atomic mass is 10.1. The maximum atomic E-state index is 12.1. The van der Waals surface area contributed by atoms with E-state index in [2.05, 4.69) is 15.3 Å². The first-order valence-electron chi connectivity index (χ1n) is 5.52. The molecule has 17 heavy (non-hydrogen) atoms. The van der Waals surface area contributed by atoms with Crippen molar-refractivity contribution < 1.29 is 8.42 Å². The minimum Gasteiger partial charge on any atom is -0.313 e. The summed E-state index contributed by atoms with van der Waals surface area (Å²) in [6.07, 6.45) is 4.42. The molecule has 1 aliphatic rings. The van der Waals surface area contributed by atoms with Gasteiger partial charge in [-0.3, -0.25) is 0 Å². The fourth-order valence-electron chi connectivity index (χ4n) is 1.91. The molecule has 1 unspecified atom stereocenters. The van der Waals surface area contributed by atoms with E-state index in [1.54, 1.807) is 0 Å². The van der Waals surface area contributed by atoms with E-state index in [-0.39, 0.29) is 22.1 Å². The van der Waals surface area contributed by atoms with E-state index < -0.39 is 9.84 Å². The van der Waals surface area contributed by atoms with Gasteiger partial charge in [0.15, 0.2) is 14.9 Å². The first-order chi connectivity index (χ1) is 8.08. The van der Waals surface area contributed by atoms with E-state index >= 15 is 0 Å². The smallest absolute Gasteiger partial charge is 0.223 e. The Morgan fingerprint density at radius 2 is 2.29 bits per heavy atom. The fraction of sp³-hybridized carbons (Fsp3) is 0.600. The van der Waals surface area contributed by atoms with Crippen LogP contribution in [0.3, 0.4) is 0 Å². The van der Waals surface area contributed by atoms with Crippen LogP contribution in [0, 0.1) is 0 Å². The van der Waals surface area contributed by atoms with Gasteiger partial charge >= 0.3 is 0 Å². The summed E-state index contributed by atoms with van der Waals surface area (Å²) in [5.41, 5.74) is 0. The van der Waals surface area contributed by atoms with Crippen LogP contribution in [0.1, 0.15) is 19.3 Å². The van der Waals surface area contributed by atoms with Crippen LogP contribution in [0.5, 0.6) is 0 Å². The number of piperidine rings is 1. The maximum Gasteiger partial charge on any atom is 0.223 e. The summed E-state index contributed by atoms with van der Waals surface area (Å²) in [6, 6.07) is 1.40. The monoisotopic (exact) mass is 275 g/mol. The number of aromatic nitrogens is 2. The predicted molar refractivity (Wildman–Crippen MR) is 64.7 cm³/mol. The Balaban J connectivity index is 2.13. The summed E-state index contributed by atoms with van der Waals surface area (Å²) >= 11 is 5.59. The lowest BCUT2D eigenvalue weighted by Crippen LogP contribution is -2.39. The van der Waals surface area contributed by atoms with Crippen molar-refractivity contribution in [3.05, 3.63) is 17.5 Å². The molecule has 0 spiro atoms. The molecule has 1 N–H and O–H groups in total.